The molecule has 0 saturated carbocycles. The number of aromatic nitrogens is 4. The summed E-state index contributed by atoms with van der Waals surface area (Å²) in [5.41, 5.74) is 22.8. The van der Waals surface area contributed by atoms with Crippen LogP contribution in [0.3, 0.4) is 0 Å². The largest absolute Gasteiger partial charge is 0.431 e. The van der Waals surface area contributed by atoms with Crippen LogP contribution >= 0.6 is 0 Å². The Morgan fingerprint density at radius 3 is 1.74 bits per heavy atom. The standard InChI is InChI=1S/C26H33F3N12O2/c27-26(28,29)20-6-5-19(22(43)36-20)21(42)34-17-1-3-18(4-2-17)35-23-37-24(40-9-13(30)7-14(31)10-40)39-25(38-23)41-11-15(32)8-16(33)12-41/h1-6,13-16H,7-12,30-33H2,(H,34,42)(H,36,43)(H,35,37,38,39)/t13-,14+,15-,16+. The van der Waals surface area contributed by atoms with E-state index in [1.165, 1.54) is 0 Å². The summed E-state index contributed by atoms with van der Waals surface area (Å²) in [6.45, 7) is 2.08. The third kappa shape index (κ3) is 7.37. The first kappa shape index (κ1) is 30.1. The van der Waals surface area contributed by atoms with Crippen molar-refractivity contribution in [2.24, 2.45) is 22.9 Å². The highest BCUT2D eigenvalue weighted by Gasteiger charge is 2.32. The lowest BCUT2D eigenvalue weighted by molar-refractivity contribution is -0.141. The fraction of sp³-hybridized carbons (Fsp3) is 0.423. The molecule has 11 N–H and O–H groups in total. The molecule has 43 heavy (non-hydrogen) atoms. The van der Waals surface area contributed by atoms with E-state index in [2.05, 4.69) is 20.6 Å². The van der Waals surface area contributed by atoms with Crippen LogP contribution in [0.2, 0.25) is 0 Å². The summed E-state index contributed by atoms with van der Waals surface area (Å²) >= 11 is 0. The number of carbonyl (C=O) groups is 1. The van der Waals surface area contributed by atoms with Crippen molar-refractivity contribution in [1.29, 1.82) is 0 Å². The number of rotatable bonds is 6. The summed E-state index contributed by atoms with van der Waals surface area (Å²) in [5, 5.41) is 5.63. The van der Waals surface area contributed by atoms with Crippen molar-refractivity contribution in [3.05, 3.63) is 58.0 Å². The molecule has 5 rings (SSSR count). The SMILES string of the molecule is N[C@@H]1C[C@H](N)CN(c2nc(Nc3ccc(NC(=O)c4ccc(C(F)(F)F)[nH]c4=O)cc3)nc(N3C[C@H](N)C[C@H](N)C3)n2)C1. The van der Waals surface area contributed by atoms with Gasteiger partial charge in [-0.15, -0.1) is 0 Å². The molecule has 14 nitrogen and oxygen atoms in total. The second-order valence-corrected chi connectivity index (χ2v) is 10.8. The maximum absolute atomic E-state index is 12.8. The smallest absolute Gasteiger partial charge is 0.338 e. The van der Waals surface area contributed by atoms with E-state index in [9.17, 15) is 22.8 Å². The van der Waals surface area contributed by atoms with Crippen LogP contribution in [0.4, 0.5) is 42.4 Å². The van der Waals surface area contributed by atoms with E-state index in [1.54, 1.807) is 29.2 Å². The van der Waals surface area contributed by atoms with Gasteiger partial charge in [-0.2, -0.15) is 28.1 Å². The lowest BCUT2D eigenvalue weighted by atomic mass is 10.0. The Kier molecular flexibility index (Phi) is 8.50. The second-order valence-electron chi connectivity index (χ2n) is 10.8. The Labute approximate surface area is 244 Å². The number of benzene rings is 1. The average Bonchev–Trinajstić information content (AvgIpc) is 2.92. The second kappa shape index (κ2) is 12.1. The Morgan fingerprint density at radius 2 is 1.28 bits per heavy atom. The average molecular weight is 603 g/mol. The van der Waals surface area contributed by atoms with E-state index in [0.29, 0.717) is 68.4 Å². The van der Waals surface area contributed by atoms with Crippen LogP contribution in [-0.2, 0) is 6.18 Å². The van der Waals surface area contributed by atoms with Gasteiger partial charge in [0.2, 0.25) is 17.8 Å². The number of pyridine rings is 1. The lowest BCUT2D eigenvalue weighted by Gasteiger charge is -2.37. The number of hydrogen-bond acceptors (Lipinski definition) is 12. The van der Waals surface area contributed by atoms with Gasteiger partial charge in [0, 0.05) is 61.7 Å². The molecule has 0 bridgehead atoms. The number of aromatic amines is 1. The molecule has 0 aliphatic carbocycles. The first-order chi connectivity index (χ1) is 20.3. The number of anilines is 5. The zero-order valence-corrected chi connectivity index (χ0v) is 23.0. The molecule has 230 valence electrons. The van der Waals surface area contributed by atoms with E-state index in [0.717, 1.165) is 6.07 Å². The Hall–Kier alpha value is -4.32. The number of piperidine rings is 2. The third-order valence-electron chi connectivity index (χ3n) is 7.07. The van der Waals surface area contributed by atoms with Crippen molar-refractivity contribution in [2.75, 3.05) is 46.6 Å². The molecule has 4 atom stereocenters. The minimum Gasteiger partial charge on any atom is -0.338 e. The summed E-state index contributed by atoms with van der Waals surface area (Å²) in [6, 6.07) is 7.27. The van der Waals surface area contributed by atoms with Crippen molar-refractivity contribution in [3.63, 3.8) is 0 Å². The molecule has 2 aromatic heterocycles. The van der Waals surface area contributed by atoms with E-state index in [-0.39, 0.29) is 30.1 Å². The van der Waals surface area contributed by atoms with Crippen molar-refractivity contribution >= 4 is 35.1 Å². The Balaban J connectivity index is 1.34. The number of amides is 1. The Morgan fingerprint density at radius 1 is 0.791 bits per heavy atom. The van der Waals surface area contributed by atoms with Gasteiger partial charge in [0.25, 0.3) is 11.5 Å². The summed E-state index contributed by atoms with van der Waals surface area (Å²) < 4.78 is 38.5. The topological polar surface area (TPSA) is 223 Å². The van der Waals surface area contributed by atoms with Crippen LogP contribution < -0.4 is 48.9 Å². The number of nitrogens with one attached hydrogen (secondary N) is 3. The molecule has 3 aromatic rings. The van der Waals surface area contributed by atoms with E-state index >= 15 is 0 Å². The molecular weight excluding hydrogens is 569 g/mol. The zero-order chi connectivity index (χ0) is 30.9. The molecule has 2 saturated heterocycles. The normalized spacial score (nSPS) is 22.8. The number of carbonyl (C=O) groups excluding carboxylic acids is 1. The summed E-state index contributed by atoms with van der Waals surface area (Å²) in [6.07, 6.45) is -3.37. The van der Waals surface area contributed by atoms with Gasteiger partial charge in [-0.1, -0.05) is 0 Å². The molecule has 0 spiro atoms. The maximum atomic E-state index is 12.8. The molecule has 0 radical (unpaired) electrons. The molecule has 1 aromatic carbocycles. The van der Waals surface area contributed by atoms with Crippen molar-refractivity contribution in [3.8, 4) is 0 Å². The number of hydrogen-bond donors (Lipinski definition) is 7. The highest BCUT2D eigenvalue weighted by molar-refractivity contribution is 6.04. The van der Waals surface area contributed by atoms with Crippen molar-refractivity contribution in [1.82, 2.24) is 19.9 Å². The molecule has 2 fully saturated rings. The van der Waals surface area contributed by atoms with Gasteiger partial charge >= 0.3 is 6.18 Å². The van der Waals surface area contributed by atoms with Crippen molar-refractivity contribution in [2.45, 2.75) is 43.2 Å². The predicted molar refractivity (Wildman–Crippen MR) is 155 cm³/mol. The number of nitrogens with zero attached hydrogens (tertiary/aromatic N) is 5. The fourth-order valence-corrected chi connectivity index (χ4v) is 5.16. The summed E-state index contributed by atoms with van der Waals surface area (Å²) in [4.78, 5) is 44.0. The molecular formula is C26H33F3N12O2. The minimum absolute atomic E-state index is 0.141. The monoisotopic (exact) mass is 602 g/mol. The van der Waals surface area contributed by atoms with Gasteiger partial charge in [-0.25, -0.2) is 0 Å². The number of nitrogens with two attached hydrogens (primary N) is 4. The molecule has 17 heteroatoms. The predicted octanol–water partition coefficient (Wildman–Crippen LogP) is 0.304. The van der Waals surface area contributed by atoms with Crippen LogP contribution in [0.5, 0.6) is 0 Å². The van der Waals surface area contributed by atoms with Gasteiger partial charge in [0.15, 0.2) is 0 Å². The van der Waals surface area contributed by atoms with E-state index in [1.807, 2.05) is 9.80 Å². The molecule has 2 aliphatic heterocycles. The van der Waals surface area contributed by atoms with Crippen LogP contribution in [0, 0.1) is 0 Å². The van der Waals surface area contributed by atoms with Gasteiger partial charge in [-0.05, 0) is 49.2 Å². The van der Waals surface area contributed by atoms with Gasteiger partial charge < -0.3 is 48.4 Å². The van der Waals surface area contributed by atoms with E-state index in [4.69, 9.17) is 27.9 Å². The first-order valence-corrected chi connectivity index (χ1v) is 13.6. The minimum atomic E-state index is -4.74. The van der Waals surface area contributed by atoms with Crippen LogP contribution in [0.1, 0.15) is 28.9 Å². The molecule has 1 amide bonds. The lowest BCUT2D eigenvalue weighted by Crippen LogP contribution is -2.54. The molecule has 4 heterocycles. The molecule has 0 unspecified atom stereocenters. The number of halogens is 3. The van der Waals surface area contributed by atoms with E-state index < -0.39 is 28.9 Å². The summed E-state index contributed by atoms with van der Waals surface area (Å²) in [7, 11) is 0. The van der Waals surface area contributed by atoms with Crippen LogP contribution in [0.25, 0.3) is 0 Å². The highest BCUT2D eigenvalue weighted by Crippen LogP contribution is 2.27. The third-order valence-corrected chi connectivity index (χ3v) is 7.07. The van der Waals surface area contributed by atoms with Crippen LogP contribution in [-0.4, -0.2) is 76.2 Å². The highest BCUT2D eigenvalue weighted by atomic mass is 19.4. The summed E-state index contributed by atoms with van der Waals surface area (Å²) in [5.74, 6) is 0.180. The number of alkyl halides is 3. The quantitative estimate of drug-likeness (QED) is 0.202. The zero-order valence-electron chi connectivity index (χ0n) is 23.0. The van der Waals surface area contributed by atoms with Crippen LogP contribution in [0.15, 0.2) is 41.2 Å². The number of H-pyrrole nitrogens is 1. The fourth-order valence-electron chi connectivity index (χ4n) is 5.16. The van der Waals surface area contributed by atoms with Crippen molar-refractivity contribution < 1.29 is 18.0 Å². The first-order valence-electron chi connectivity index (χ1n) is 13.6. The van der Waals surface area contributed by atoms with Gasteiger partial charge in [0.05, 0.1) is 0 Å². The van der Waals surface area contributed by atoms with Gasteiger partial charge in [0.1, 0.15) is 11.3 Å². The maximum Gasteiger partial charge on any atom is 0.431 e. The van der Waals surface area contributed by atoms with Gasteiger partial charge in [-0.3, -0.25) is 9.59 Å². The Bertz CT molecular complexity index is 1450. The molecule has 2 aliphatic rings.